The second-order valence-corrected chi connectivity index (χ2v) is 5.91. The highest BCUT2D eigenvalue weighted by Gasteiger charge is 2.19. The second kappa shape index (κ2) is 7.52. The zero-order valence-corrected chi connectivity index (χ0v) is 14.4. The molecule has 5 nitrogen and oxygen atoms in total. The summed E-state index contributed by atoms with van der Waals surface area (Å²) in [5.41, 5.74) is 14.3. The Bertz CT molecular complexity index is 1100. The minimum absolute atomic E-state index is 0.266. The maximum Gasteiger partial charge on any atom is 0.157 e. The molecule has 27 heavy (non-hydrogen) atoms. The summed E-state index contributed by atoms with van der Waals surface area (Å²) in [6, 6.07) is 29.7. The van der Waals surface area contributed by atoms with Crippen LogP contribution in [0.15, 0.2) is 96.1 Å². The molecule has 0 amide bonds. The summed E-state index contributed by atoms with van der Waals surface area (Å²) in [4.78, 5) is 2.95. The van der Waals surface area contributed by atoms with E-state index in [9.17, 15) is 0 Å². The third kappa shape index (κ3) is 3.27. The van der Waals surface area contributed by atoms with Crippen LogP contribution in [-0.2, 0) is 0 Å². The number of nitrogens with zero attached hydrogens (tertiary/aromatic N) is 5. The van der Waals surface area contributed by atoms with Crippen LogP contribution in [0.2, 0.25) is 0 Å². The highest BCUT2D eigenvalue weighted by molar-refractivity contribution is 5.96. The zero-order valence-electron chi connectivity index (χ0n) is 14.4. The molecule has 0 saturated carbocycles. The Morgan fingerprint density at radius 1 is 0.593 bits per heavy atom. The molecule has 3 aromatic carbocycles. The summed E-state index contributed by atoms with van der Waals surface area (Å²) in [5, 5.41) is 12.5. The molecule has 4 rings (SSSR count). The number of hydrogen-bond donors (Lipinski definition) is 0. The predicted octanol–water partition coefficient (Wildman–Crippen LogP) is 6.42. The van der Waals surface area contributed by atoms with Crippen molar-refractivity contribution in [1.29, 1.82) is 0 Å². The average molecular weight is 349 g/mol. The van der Waals surface area contributed by atoms with Crippen molar-refractivity contribution in [2.24, 2.45) is 5.11 Å². The molecule has 0 aliphatic heterocycles. The van der Waals surface area contributed by atoms with E-state index in [4.69, 9.17) is 5.53 Å². The largest absolute Gasteiger partial charge is 0.157 e. The summed E-state index contributed by atoms with van der Waals surface area (Å²) >= 11 is 0. The van der Waals surface area contributed by atoms with E-state index in [0.29, 0.717) is 0 Å². The molecule has 1 heterocycles. The maximum absolute atomic E-state index is 9.03. The fourth-order valence-corrected chi connectivity index (χ4v) is 3.10. The van der Waals surface area contributed by atoms with E-state index < -0.39 is 0 Å². The maximum atomic E-state index is 9.03. The van der Waals surface area contributed by atoms with Crippen molar-refractivity contribution in [3.63, 3.8) is 0 Å². The predicted molar refractivity (Wildman–Crippen MR) is 107 cm³/mol. The van der Waals surface area contributed by atoms with Crippen LogP contribution in [-0.4, -0.2) is 10.2 Å². The standard InChI is InChI=1S/C22H15N5/c23-27-26-22-20(17-12-6-2-7-13-17)19(16-10-4-1-5-11-16)21(24-25-22)18-14-8-3-9-15-18/h1-15H. The molecule has 0 bridgehead atoms. The molecule has 5 heteroatoms. The molecule has 0 spiro atoms. The van der Waals surface area contributed by atoms with Gasteiger partial charge in [-0.15, -0.1) is 10.2 Å². The molecule has 0 fully saturated rings. The molecule has 0 aliphatic carbocycles. The summed E-state index contributed by atoms with van der Waals surface area (Å²) in [6.45, 7) is 0. The molecule has 0 atom stereocenters. The van der Waals surface area contributed by atoms with Gasteiger partial charge in [0.15, 0.2) is 5.82 Å². The quantitative estimate of drug-likeness (QED) is 0.242. The Kier molecular flexibility index (Phi) is 4.60. The number of azide groups is 1. The third-order valence-corrected chi connectivity index (χ3v) is 4.27. The van der Waals surface area contributed by atoms with Crippen molar-refractivity contribution >= 4 is 5.82 Å². The van der Waals surface area contributed by atoms with Gasteiger partial charge in [-0.3, -0.25) is 0 Å². The van der Waals surface area contributed by atoms with E-state index in [-0.39, 0.29) is 5.82 Å². The van der Waals surface area contributed by atoms with Gasteiger partial charge in [-0.2, -0.15) is 0 Å². The monoisotopic (exact) mass is 349 g/mol. The Hall–Kier alpha value is -3.95. The first-order chi connectivity index (χ1) is 13.4. The van der Waals surface area contributed by atoms with Gasteiger partial charge in [0, 0.05) is 21.6 Å². The lowest BCUT2D eigenvalue weighted by atomic mass is 9.91. The lowest BCUT2D eigenvalue weighted by molar-refractivity contribution is 1.03. The normalized spacial score (nSPS) is 10.2. The first-order valence-corrected chi connectivity index (χ1v) is 8.50. The van der Waals surface area contributed by atoms with Gasteiger partial charge >= 0.3 is 0 Å². The average Bonchev–Trinajstić information content (AvgIpc) is 2.75. The molecular weight excluding hydrogens is 334 g/mol. The van der Waals surface area contributed by atoms with Crippen molar-refractivity contribution in [2.45, 2.75) is 0 Å². The summed E-state index contributed by atoms with van der Waals surface area (Å²) in [5.74, 6) is 0.266. The Balaban J connectivity index is 2.12. The minimum atomic E-state index is 0.266. The van der Waals surface area contributed by atoms with E-state index >= 15 is 0 Å². The van der Waals surface area contributed by atoms with Gasteiger partial charge in [0.1, 0.15) is 5.69 Å². The summed E-state index contributed by atoms with van der Waals surface area (Å²) in [6.07, 6.45) is 0. The number of rotatable bonds is 4. The first kappa shape index (κ1) is 16.5. The van der Waals surface area contributed by atoms with Crippen LogP contribution in [0.3, 0.4) is 0 Å². The molecule has 4 aromatic rings. The number of aromatic nitrogens is 2. The van der Waals surface area contributed by atoms with E-state index in [1.54, 1.807) is 0 Å². The van der Waals surface area contributed by atoms with Gasteiger partial charge in [-0.05, 0) is 21.8 Å². The number of benzene rings is 3. The van der Waals surface area contributed by atoms with E-state index in [1.807, 2.05) is 91.0 Å². The highest BCUT2D eigenvalue weighted by Crippen LogP contribution is 2.42. The lowest BCUT2D eigenvalue weighted by Gasteiger charge is -2.16. The molecule has 0 radical (unpaired) electrons. The van der Waals surface area contributed by atoms with Crippen molar-refractivity contribution < 1.29 is 0 Å². The topological polar surface area (TPSA) is 74.5 Å². The minimum Gasteiger partial charge on any atom is -0.149 e. The van der Waals surface area contributed by atoms with Crippen LogP contribution in [0.4, 0.5) is 5.82 Å². The van der Waals surface area contributed by atoms with E-state index in [2.05, 4.69) is 20.2 Å². The molecule has 0 unspecified atom stereocenters. The van der Waals surface area contributed by atoms with Gasteiger partial charge in [0.25, 0.3) is 0 Å². The van der Waals surface area contributed by atoms with Crippen LogP contribution < -0.4 is 0 Å². The van der Waals surface area contributed by atoms with Crippen LogP contribution in [0.1, 0.15) is 0 Å². The van der Waals surface area contributed by atoms with Crippen LogP contribution in [0.25, 0.3) is 44.0 Å². The fourth-order valence-electron chi connectivity index (χ4n) is 3.10. The number of hydrogen-bond acceptors (Lipinski definition) is 3. The van der Waals surface area contributed by atoms with Gasteiger partial charge in [0.05, 0.1) is 0 Å². The van der Waals surface area contributed by atoms with Crippen molar-refractivity contribution in [3.8, 4) is 33.5 Å². The van der Waals surface area contributed by atoms with Gasteiger partial charge in [-0.1, -0.05) is 91.0 Å². The van der Waals surface area contributed by atoms with Crippen LogP contribution >= 0.6 is 0 Å². The van der Waals surface area contributed by atoms with E-state index in [1.165, 1.54) is 0 Å². The summed E-state index contributed by atoms with van der Waals surface area (Å²) in [7, 11) is 0. The van der Waals surface area contributed by atoms with Crippen LogP contribution in [0.5, 0.6) is 0 Å². The van der Waals surface area contributed by atoms with E-state index in [0.717, 1.165) is 33.5 Å². The van der Waals surface area contributed by atoms with Gasteiger partial charge < -0.3 is 0 Å². The zero-order chi connectivity index (χ0) is 18.5. The molecule has 1 aromatic heterocycles. The second-order valence-electron chi connectivity index (χ2n) is 5.91. The lowest BCUT2D eigenvalue weighted by Crippen LogP contribution is -1.97. The van der Waals surface area contributed by atoms with Crippen molar-refractivity contribution in [3.05, 3.63) is 101 Å². The molecular formula is C22H15N5. The first-order valence-electron chi connectivity index (χ1n) is 8.50. The van der Waals surface area contributed by atoms with Crippen LogP contribution in [0, 0.1) is 0 Å². The highest BCUT2D eigenvalue weighted by atomic mass is 15.2. The Morgan fingerprint density at radius 3 is 1.59 bits per heavy atom. The third-order valence-electron chi connectivity index (χ3n) is 4.27. The smallest absolute Gasteiger partial charge is 0.149 e. The van der Waals surface area contributed by atoms with Gasteiger partial charge in [0.2, 0.25) is 0 Å². The Labute approximate surface area is 156 Å². The van der Waals surface area contributed by atoms with Crippen molar-refractivity contribution in [2.75, 3.05) is 0 Å². The Morgan fingerprint density at radius 2 is 1.07 bits per heavy atom. The fraction of sp³-hybridized carbons (Fsp3) is 0. The SMILES string of the molecule is [N-]=[N+]=Nc1nnc(-c2ccccc2)c(-c2ccccc2)c1-c1ccccc1. The van der Waals surface area contributed by atoms with Crippen molar-refractivity contribution in [1.82, 2.24) is 10.2 Å². The molecule has 0 N–H and O–H groups in total. The summed E-state index contributed by atoms with van der Waals surface area (Å²) < 4.78 is 0. The molecule has 0 saturated heterocycles. The molecule has 128 valence electrons. The molecule has 0 aliphatic rings. The van der Waals surface area contributed by atoms with Gasteiger partial charge in [-0.25, -0.2) is 0 Å².